The van der Waals surface area contributed by atoms with Crippen LogP contribution in [0.1, 0.15) is 5.56 Å². The molecule has 0 heterocycles. The van der Waals surface area contributed by atoms with Crippen LogP contribution in [0.15, 0.2) is 46.2 Å². The summed E-state index contributed by atoms with van der Waals surface area (Å²) in [6, 6.07) is 6.47. The maximum absolute atomic E-state index is 13.7. The average molecular weight is 390 g/mol. The lowest BCUT2D eigenvalue weighted by molar-refractivity contribution is 0.518. The lowest BCUT2D eigenvalue weighted by Crippen LogP contribution is -2.23. The predicted octanol–water partition coefficient (Wildman–Crippen LogP) is 2.32. The highest BCUT2D eigenvalue weighted by atomic mass is 32.2. The standard InChI is InChI=1S/C15H16F2N2O4S2/c1-10-7-8-11(9-14(10)25(22,23)19(2)3)18-24(20,21)15-12(16)5-4-6-13(15)17/h4-9,18H,1-3H3. The molecule has 2 aromatic carbocycles. The summed E-state index contributed by atoms with van der Waals surface area (Å²) >= 11 is 0. The topological polar surface area (TPSA) is 83.5 Å². The zero-order chi connectivity index (χ0) is 19.0. The van der Waals surface area contributed by atoms with Crippen LogP contribution in [0.4, 0.5) is 14.5 Å². The summed E-state index contributed by atoms with van der Waals surface area (Å²) in [7, 11) is -5.73. The first-order chi connectivity index (χ1) is 11.5. The molecule has 10 heteroatoms. The second kappa shape index (κ2) is 6.70. The summed E-state index contributed by atoms with van der Waals surface area (Å²) in [5, 5.41) is 0. The third-order valence-electron chi connectivity index (χ3n) is 3.39. The van der Waals surface area contributed by atoms with Crippen LogP contribution < -0.4 is 4.72 Å². The fraction of sp³-hybridized carbons (Fsp3) is 0.200. The molecule has 0 aromatic heterocycles. The first-order valence-corrected chi connectivity index (χ1v) is 9.89. The van der Waals surface area contributed by atoms with E-state index in [2.05, 4.69) is 0 Å². The molecule has 0 unspecified atom stereocenters. The molecule has 0 bridgehead atoms. The largest absolute Gasteiger partial charge is 0.279 e. The van der Waals surface area contributed by atoms with E-state index in [4.69, 9.17) is 0 Å². The Bertz CT molecular complexity index is 1000. The Hall–Kier alpha value is -2.04. The van der Waals surface area contributed by atoms with Crippen molar-refractivity contribution in [3.05, 3.63) is 53.6 Å². The monoisotopic (exact) mass is 390 g/mol. The number of aryl methyl sites for hydroxylation is 1. The van der Waals surface area contributed by atoms with Gasteiger partial charge in [0, 0.05) is 14.1 Å². The van der Waals surface area contributed by atoms with Gasteiger partial charge in [0.25, 0.3) is 10.0 Å². The molecule has 2 rings (SSSR count). The molecule has 0 atom stereocenters. The van der Waals surface area contributed by atoms with Gasteiger partial charge in [-0.25, -0.2) is 29.9 Å². The van der Waals surface area contributed by atoms with Gasteiger partial charge in [-0.1, -0.05) is 12.1 Å². The molecule has 0 saturated heterocycles. The molecule has 0 amide bonds. The molecule has 2 aromatic rings. The Morgan fingerprint density at radius 3 is 2.04 bits per heavy atom. The van der Waals surface area contributed by atoms with E-state index in [9.17, 15) is 25.6 Å². The first-order valence-electron chi connectivity index (χ1n) is 6.97. The van der Waals surface area contributed by atoms with E-state index in [1.165, 1.54) is 26.2 Å². The molecule has 0 aliphatic carbocycles. The Labute approximate surface area is 145 Å². The summed E-state index contributed by atoms with van der Waals surface area (Å²) < 4.78 is 79.5. The van der Waals surface area contributed by atoms with Crippen molar-refractivity contribution in [3.8, 4) is 0 Å². The maximum Gasteiger partial charge on any atom is 0.267 e. The SMILES string of the molecule is Cc1ccc(NS(=O)(=O)c2c(F)cccc2F)cc1S(=O)(=O)N(C)C. The number of benzene rings is 2. The molecule has 0 fully saturated rings. The van der Waals surface area contributed by atoms with Crippen LogP contribution in [-0.4, -0.2) is 35.2 Å². The van der Waals surface area contributed by atoms with Gasteiger partial charge in [0.1, 0.15) is 11.6 Å². The lowest BCUT2D eigenvalue weighted by atomic mass is 10.2. The fourth-order valence-corrected chi connectivity index (χ4v) is 4.42. The van der Waals surface area contributed by atoms with Gasteiger partial charge in [-0.3, -0.25) is 4.72 Å². The van der Waals surface area contributed by atoms with Crippen LogP contribution in [0.25, 0.3) is 0 Å². The Morgan fingerprint density at radius 2 is 1.52 bits per heavy atom. The number of rotatable bonds is 5. The maximum atomic E-state index is 13.7. The van der Waals surface area contributed by atoms with Crippen molar-refractivity contribution in [1.82, 2.24) is 4.31 Å². The zero-order valence-electron chi connectivity index (χ0n) is 13.6. The quantitative estimate of drug-likeness (QED) is 0.849. The lowest BCUT2D eigenvalue weighted by Gasteiger charge is -2.15. The van der Waals surface area contributed by atoms with E-state index < -0.39 is 36.6 Å². The number of anilines is 1. The van der Waals surface area contributed by atoms with Crippen LogP contribution in [0, 0.1) is 18.6 Å². The average Bonchev–Trinajstić information content (AvgIpc) is 2.48. The minimum Gasteiger partial charge on any atom is -0.279 e. The van der Waals surface area contributed by atoms with E-state index >= 15 is 0 Å². The van der Waals surface area contributed by atoms with Crippen molar-refractivity contribution in [2.45, 2.75) is 16.7 Å². The van der Waals surface area contributed by atoms with Crippen LogP contribution in [0.3, 0.4) is 0 Å². The van der Waals surface area contributed by atoms with Gasteiger partial charge in [-0.05, 0) is 36.8 Å². The van der Waals surface area contributed by atoms with E-state index in [1.54, 1.807) is 6.92 Å². The van der Waals surface area contributed by atoms with Gasteiger partial charge in [-0.2, -0.15) is 0 Å². The molecule has 0 aliphatic heterocycles. The molecule has 136 valence electrons. The number of hydrogen-bond donors (Lipinski definition) is 1. The molecule has 1 N–H and O–H groups in total. The molecule has 6 nitrogen and oxygen atoms in total. The highest BCUT2D eigenvalue weighted by molar-refractivity contribution is 7.92. The summed E-state index contributed by atoms with van der Waals surface area (Å²) in [6.07, 6.45) is 0. The van der Waals surface area contributed by atoms with Gasteiger partial charge in [0.15, 0.2) is 4.90 Å². The number of hydrogen-bond acceptors (Lipinski definition) is 4. The van der Waals surface area contributed by atoms with E-state index in [0.717, 1.165) is 28.6 Å². The van der Waals surface area contributed by atoms with Gasteiger partial charge in [0.05, 0.1) is 10.6 Å². The van der Waals surface area contributed by atoms with Gasteiger partial charge in [-0.15, -0.1) is 0 Å². The number of nitrogens with zero attached hydrogens (tertiary/aromatic N) is 1. The Balaban J connectivity index is 2.52. The molecular formula is C15H16F2N2O4S2. The third-order valence-corrected chi connectivity index (χ3v) is 6.78. The van der Waals surface area contributed by atoms with Crippen LogP contribution in [0.5, 0.6) is 0 Å². The molecule has 0 saturated carbocycles. The van der Waals surface area contributed by atoms with Crippen molar-refractivity contribution in [2.24, 2.45) is 0 Å². The van der Waals surface area contributed by atoms with Gasteiger partial charge < -0.3 is 0 Å². The fourth-order valence-electron chi connectivity index (χ4n) is 2.08. The molecular weight excluding hydrogens is 374 g/mol. The summed E-state index contributed by atoms with van der Waals surface area (Å²) in [4.78, 5) is -1.25. The van der Waals surface area contributed by atoms with Gasteiger partial charge >= 0.3 is 0 Å². The summed E-state index contributed by atoms with van der Waals surface area (Å²) in [5.41, 5.74) is 0.266. The van der Waals surface area contributed by atoms with Crippen LogP contribution in [0.2, 0.25) is 0 Å². The predicted molar refractivity (Wildman–Crippen MR) is 89.2 cm³/mol. The first kappa shape index (κ1) is 19.3. The molecule has 25 heavy (non-hydrogen) atoms. The normalized spacial score (nSPS) is 12.4. The second-order valence-corrected chi connectivity index (χ2v) is 9.16. The molecule has 0 aliphatic rings. The van der Waals surface area contributed by atoms with Crippen molar-refractivity contribution < 1.29 is 25.6 Å². The van der Waals surface area contributed by atoms with E-state index in [-0.39, 0.29) is 10.6 Å². The third kappa shape index (κ3) is 3.80. The van der Waals surface area contributed by atoms with Crippen LogP contribution in [-0.2, 0) is 20.0 Å². The minimum atomic E-state index is -4.58. The number of sulfonamides is 2. The Morgan fingerprint density at radius 1 is 0.960 bits per heavy atom. The summed E-state index contributed by atoms with van der Waals surface area (Å²) in [6.45, 7) is 1.55. The molecule has 0 spiro atoms. The second-order valence-electron chi connectivity index (χ2n) is 5.42. The van der Waals surface area contributed by atoms with Gasteiger partial charge in [0.2, 0.25) is 10.0 Å². The van der Waals surface area contributed by atoms with E-state index in [0.29, 0.717) is 5.56 Å². The Kier molecular flexibility index (Phi) is 5.17. The summed E-state index contributed by atoms with van der Waals surface area (Å²) in [5.74, 6) is -2.50. The van der Waals surface area contributed by atoms with Crippen LogP contribution >= 0.6 is 0 Å². The van der Waals surface area contributed by atoms with E-state index in [1.807, 2.05) is 4.72 Å². The number of halogens is 2. The highest BCUT2D eigenvalue weighted by Gasteiger charge is 2.25. The smallest absolute Gasteiger partial charge is 0.267 e. The van der Waals surface area contributed by atoms with Crippen molar-refractivity contribution in [1.29, 1.82) is 0 Å². The van der Waals surface area contributed by atoms with Crippen molar-refractivity contribution in [2.75, 3.05) is 18.8 Å². The molecule has 0 radical (unpaired) electrons. The zero-order valence-corrected chi connectivity index (χ0v) is 15.2. The highest BCUT2D eigenvalue weighted by Crippen LogP contribution is 2.26. The number of nitrogens with one attached hydrogen (secondary N) is 1. The van der Waals surface area contributed by atoms with Crippen molar-refractivity contribution in [3.63, 3.8) is 0 Å². The minimum absolute atomic E-state index is 0.119. The van der Waals surface area contributed by atoms with Crippen molar-refractivity contribution >= 4 is 25.7 Å².